The molecular weight excluding hydrogens is 272 g/mol. The topological polar surface area (TPSA) is 73.1 Å². The van der Waals surface area contributed by atoms with Gasteiger partial charge in [-0.15, -0.1) is 11.8 Å². The van der Waals surface area contributed by atoms with Gasteiger partial charge in [-0.05, 0) is 36.9 Å². The minimum absolute atomic E-state index is 0.196. The average molecular weight is 290 g/mol. The van der Waals surface area contributed by atoms with Gasteiger partial charge in [-0.25, -0.2) is 0 Å². The third-order valence-corrected chi connectivity index (χ3v) is 3.30. The van der Waals surface area contributed by atoms with Crippen molar-refractivity contribution in [2.24, 2.45) is 0 Å². The monoisotopic (exact) mass is 290 g/mol. The first-order valence-electron chi connectivity index (χ1n) is 6.41. The van der Waals surface area contributed by atoms with Crippen molar-refractivity contribution in [3.8, 4) is 11.6 Å². The van der Waals surface area contributed by atoms with E-state index in [0.717, 1.165) is 18.7 Å². The van der Waals surface area contributed by atoms with E-state index in [1.807, 2.05) is 30.5 Å². The van der Waals surface area contributed by atoms with Gasteiger partial charge in [0.1, 0.15) is 11.6 Å². The first-order chi connectivity index (χ1) is 9.71. The fourth-order valence-electron chi connectivity index (χ4n) is 1.60. The second-order valence-electron chi connectivity index (χ2n) is 4.15. The van der Waals surface area contributed by atoms with Crippen molar-refractivity contribution in [2.45, 2.75) is 18.2 Å². The molecule has 0 aliphatic heterocycles. The van der Waals surface area contributed by atoms with Gasteiger partial charge in [0, 0.05) is 17.5 Å². The maximum atomic E-state index is 5.70. The van der Waals surface area contributed by atoms with Gasteiger partial charge in [0.05, 0.1) is 0 Å². The second kappa shape index (κ2) is 7.00. The zero-order valence-electron chi connectivity index (χ0n) is 11.6. The maximum Gasteiger partial charge on any atom is 0.226 e. The summed E-state index contributed by atoms with van der Waals surface area (Å²) in [5, 5.41) is 3.17. The normalized spacial score (nSPS) is 10.3. The number of anilines is 2. The van der Waals surface area contributed by atoms with E-state index in [1.54, 1.807) is 17.8 Å². The number of hydrogen-bond donors (Lipinski definition) is 2. The molecule has 0 spiro atoms. The fourth-order valence-corrected chi connectivity index (χ4v) is 2.01. The summed E-state index contributed by atoms with van der Waals surface area (Å²) < 4.78 is 5.70. The Labute approximate surface area is 123 Å². The predicted molar refractivity (Wildman–Crippen MR) is 83.5 cm³/mol. The minimum atomic E-state index is 0.196. The predicted octanol–water partition coefficient (Wildman–Crippen LogP) is 3.39. The smallest absolute Gasteiger partial charge is 0.226 e. The number of benzene rings is 1. The standard InChI is InChI=1S/C14H18N4OS/c1-3-8-16-12-9-13(18-14(15)17-12)19-10-4-6-11(20-2)7-5-10/h4-7,9H,3,8H2,1-2H3,(H3,15,16,17,18). The molecule has 0 aliphatic carbocycles. The lowest BCUT2D eigenvalue weighted by Gasteiger charge is -2.09. The van der Waals surface area contributed by atoms with Crippen LogP contribution in [0.1, 0.15) is 13.3 Å². The van der Waals surface area contributed by atoms with Gasteiger partial charge in [0.25, 0.3) is 0 Å². The van der Waals surface area contributed by atoms with Crippen molar-refractivity contribution in [1.82, 2.24) is 9.97 Å². The molecule has 0 saturated heterocycles. The highest BCUT2D eigenvalue weighted by Gasteiger charge is 2.04. The van der Waals surface area contributed by atoms with Gasteiger partial charge < -0.3 is 15.8 Å². The zero-order valence-corrected chi connectivity index (χ0v) is 12.4. The van der Waals surface area contributed by atoms with Crippen molar-refractivity contribution < 1.29 is 4.74 Å². The SMILES string of the molecule is CCCNc1cc(Oc2ccc(SC)cc2)nc(N)n1. The molecule has 0 saturated carbocycles. The number of thioether (sulfide) groups is 1. The van der Waals surface area contributed by atoms with E-state index in [9.17, 15) is 0 Å². The van der Waals surface area contributed by atoms with Crippen LogP contribution in [0, 0.1) is 0 Å². The summed E-state index contributed by atoms with van der Waals surface area (Å²) >= 11 is 1.69. The molecule has 1 aromatic heterocycles. The van der Waals surface area contributed by atoms with Crippen LogP contribution in [0.25, 0.3) is 0 Å². The molecule has 1 aromatic carbocycles. The summed E-state index contributed by atoms with van der Waals surface area (Å²) in [6, 6.07) is 9.56. The van der Waals surface area contributed by atoms with E-state index in [-0.39, 0.29) is 5.95 Å². The lowest BCUT2D eigenvalue weighted by atomic mass is 10.3. The second-order valence-corrected chi connectivity index (χ2v) is 5.03. The van der Waals surface area contributed by atoms with Gasteiger partial charge in [0.2, 0.25) is 11.8 Å². The van der Waals surface area contributed by atoms with E-state index in [4.69, 9.17) is 10.5 Å². The number of nitrogens with one attached hydrogen (secondary N) is 1. The Morgan fingerprint density at radius 1 is 1.25 bits per heavy atom. The lowest BCUT2D eigenvalue weighted by Crippen LogP contribution is -2.05. The Bertz CT molecular complexity index is 560. The number of hydrogen-bond acceptors (Lipinski definition) is 6. The Hall–Kier alpha value is -1.95. The molecule has 0 amide bonds. The summed E-state index contributed by atoms with van der Waals surface area (Å²) in [5.74, 6) is 2.03. The molecule has 1 heterocycles. The summed E-state index contributed by atoms with van der Waals surface area (Å²) in [6.07, 6.45) is 3.04. The molecule has 0 atom stereocenters. The molecule has 0 bridgehead atoms. The van der Waals surface area contributed by atoms with Crippen LogP contribution in [-0.2, 0) is 0 Å². The van der Waals surface area contributed by atoms with Crippen LogP contribution in [0.2, 0.25) is 0 Å². The number of nitrogen functional groups attached to an aromatic ring is 1. The van der Waals surface area contributed by atoms with Gasteiger partial charge in [-0.1, -0.05) is 6.92 Å². The Morgan fingerprint density at radius 2 is 2.00 bits per heavy atom. The summed E-state index contributed by atoms with van der Waals surface area (Å²) in [6.45, 7) is 2.92. The largest absolute Gasteiger partial charge is 0.439 e. The molecule has 0 radical (unpaired) electrons. The van der Waals surface area contributed by atoms with Crippen LogP contribution < -0.4 is 15.8 Å². The van der Waals surface area contributed by atoms with E-state index in [2.05, 4.69) is 22.2 Å². The number of nitrogens with two attached hydrogens (primary N) is 1. The van der Waals surface area contributed by atoms with Crippen molar-refractivity contribution in [2.75, 3.05) is 23.9 Å². The Morgan fingerprint density at radius 3 is 2.65 bits per heavy atom. The molecule has 106 valence electrons. The van der Waals surface area contributed by atoms with Gasteiger partial charge in [-0.3, -0.25) is 0 Å². The number of ether oxygens (including phenoxy) is 1. The molecular formula is C14H18N4OS. The fraction of sp³-hybridized carbons (Fsp3) is 0.286. The van der Waals surface area contributed by atoms with Gasteiger partial charge in [0.15, 0.2) is 0 Å². The van der Waals surface area contributed by atoms with Crippen molar-refractivity contribution >= 4 is 23.5 Å². The maximum absolute atomic E-state index is 5.70. The van der Waals surface area contributed by atoms with Crippen LogP contribution in [0.3, 0.4) is 0 Å². The zero-order chi connectivity index (χ0) is 14.4. The third kappa shape index (κ3) is 4.03. The molecule has 3 N–H and O–H groups in total. The lowest BCUT2D eigenvalue weighted by molar-refractivity contribution is 0.462. The molecule has 6 heteroatoms. The van der Waals surface area contributed by atoms with Crippen LogP contribution in [0.15, 0.2) is 35.2 Å². The van der Waals surface area contributed by atoms with E-state index >= 15 is 0 Å². The van der Waals surface area contributed by atoms with Crippen molar-refractivity contribution in [1.29, 1.82) is 0 Å². The summed E-state index contributed by atoms with van der Waals surface area (Å²) in [7, 11) is 0. The molecule has 2 rings (SSSR count). The van der Waals surface area contributed by atoms with Crippen molar-refractivity contribution in [3.05, 3.63) is 30.3 Å². The third-order valence-electron chi connectivity index (χ3n) is 2.56. The molecule has 5 nitrogen and oxygen atoms in total. The highest BCUT2D eigenvalue weighted by molar-refractivity contribution is 7.98. The molecule has 2 aromatic rings. The molecule has 0 aliphatic rings. The van der Waals surface area contributed by atoms with Crippen LogP contribution in [0.4, 0.5) is 11.8 Å². The summed E-state index contributed by atoms with van der Waals surface area (Å²) in [5.41, 5.74) is 5.68. The van der Waals surface area contributed by atoms with E-state index in [1.165, 1.54) is 4.90 Å². The van der Waals surface area contributed by atoms with E-state index < -0.39 is 0 Å². The average Bonchev–Trinajstić information content (AvgIpc) is 2.45. The Balaban J connectivity index is 2.12. The Kier molecular flexibility index (Phi) is 5.06. The molecule has 0 fully saturated rings. The quantitative estimate of drug-likeness (QED) is 0.794. The highest BCUT2D eigenvalue weighted by Crippen LogP contribution is 2.24. The highest BCUT2D eigenvalue weighted by atomic mass is 32.2. The first-order valence-corrected chi connectivity index (χ1v) is 7.64. The van der Waals surface area contributed by atoms with Crippen molar-refractivity contribution in [3.63, 3.8) is 0 Å². The summed E-state index contributed by atoms with van der Waals surface area (Å²) in [4.78, 5) is 9.38. The van der Waals surface area contributed by atoms with E-state index in [0.29, 0.717) is 11.7 Å². The molecule has 20 heavy (non-hydrogen) atoms. The number of nitrogens with zero attached hydrogens (tertiary/aromatic N) is 2. The van der Waals surface area contributed by atoms with Crippen LogP contribution in [0.5, 0.6) is 11.6 Å². The number of aromatic nitrogens is 2. The molecule has 0 unspecified atom stereocenters. The van der Waals surface area contributed by atoms with Gasteiger partial charge in [-0.2, -0.15) is 9.97 Å². The van der Waals surface area contributed by atoms with Crippen LogP contribution >= 0.6 is 11.8 Å². The minimum Gasteiger partial charge on any atom is -0.439 e. The van der Waals surface area contributed by atoms with Crippen LogP contribution in [-0.4, -0.2) is 22.8 Å². The first kappa shape index (κ1) is 14.5. The van der Waals surface area contributed by atoms with Gasteiger partial charge >= 0.3 is 0 Å². The number of rotatable bonds is 6.